The molecule has 1 aliphatic rings. The number of urea groups is 1. The molecule has 0 fully saturated rings. The van der Waals surface area contributed by atoms with Crippen LogP contribution in [0.1, 0.15) is 31.0 Å². The topological polar surface area (TPSA) is 59.6 Å². The average Bonchev–Trinajstić information content (AvgIpc) is 3.03. The molecule has 0 bridgehead atoms. The SMILES string of the molecule is CCc1ccc(NC(=O)N[C@@H](C)c2ccc3c(c2)OCO3)cc1. The quantitative estimate of drug-likeness (QED) is 0.901. The summed E-state index contributed by atoms with van der Waals surface area (Å²) in [6, 6.07) is 13.1. The third-order valence-electron chi connectivity index (χ3n) is 3.86. The van der Waals surface area contributed by atoms with Gasteiger partial charge in [-0.25, -0.2) is 4.79 Å². The third-order valence-corrected chi connectivity index (χ3v) is 3.86. The second-order valence-corrected chi connectivity index (χ2v) is 5.48. The van der Waals surface area contributed by atoms with Crippen LogP contribution in [0.3, 0.4) is 0 Å². The summed E-state index contributed by atoms with van der Waals surface area (Å²) >= 11 is 0. The van der Waals surface area contributed by atoms with Crippen LogP contribution in [-0.2, 0) is 6.42 Å². The van der Waals surface area contributed by atoms with Crippen molar-refractivity contribution in [2.75, 3.05) is 12.1 Å². The van der Waals surface area contributed by atoms with Crippen LogP contribution in [0.2, 0.25) is 0 Å². The highest BCUT2D eigenvalue weighted by Gasteiger charge is 2.16. The number of benzene rings is 2. The highest BCUT2D eigenvalue weighted by molar-refractivity contribution is 5.89. The first kappa shape index (κ1) is 15.2. The van der Waals surface area contributed by atoms with Gasteiger partial charge in [0.2, 0.25) is 6.79 Å². The number of aryl methyl sites for hydroxylation is 1. The van der Waals surface area contributed by atoms with E-state index in [0.29, 0.717) is 5.75 Å². The predicted molar refractivity (Wildman–Crippen MR) is 89.0 cm³/mol. The van der Waals surface area contributed by atoms with Gasteiger partial charge in [0.1, 0.15) is 0 Å². The molecule has 3 rings (SSSR count). The van der Waals surface area contributed by atoms with E-state index >= 15 is 0 Å². The Balaban J connectivity index is 1.60. The maximum Gasteiger partial charge on any atom is 0.319 e. The van der Waals surface area contributed by atoms with Crippen LogP contribution in [0.25, 0.3) is 0 Å². The molecule has 1 atom stereocenters. The number of ether oxygens (including phenoxy) is 2. The second-order valence-electron chi connectivity index (χ2n) is 5.48. The van der Waals surface area contributed by atoms with Gasteiger partial charge in [0, 0.05) is 5.69 Å². The van der Waals surface area contributed by atoms with Gasteiger partial charge in [-0.2, -0.15) is 0 Å². The van der Waals surface area contributed by atoms with Gasteiger partial charge in [-0.15, -0.1) is 0 Å². The lowest BCUT2D eigenvalue weighted by Crippen LogP contribution is -2.31. The van der Waals surface area contributed by atoms with Crippen LogP contribution in [0.5, 0.6) is 11.5 Å². The minimum atomic E-state index is -0.237. The molecule has 5 nitrogen and oxygen atoms in total. The van der Waals surface area contributed by atoms with Crippen molar-refractivity contribution in [1.82, 2.24) is 5.32 Å². The molecule has 2 aromatic carbocycles. The second kappa shape index (κ2) is 6.60. The maximum absolute atomic E-state index is 12.1. The van der Waals surface area contributed by atoms with Gasteiger partial charge in [-0.1, -0.05) is 25.1 Å². The fourth-order valence-electron chi connectivity index (χ4n) is 2.45. The zero-order chi connectivity index (χ0) is 16.2. The normalized spacial score (nSPS) is 13.5. The first-order chi connectivity index (χ1) is 11.2. The first-order valence-corrected chi connectivity index (χ1v) is 7.71. The molecule has 0 saturated carbocycles. The molecule has 2 aromatic rings. The lowest BCUT2D eigenvalue weighted by atomic mass is 10.1. The van der Waals surface area contributed by atoms with E-state index in [0.717, 1.165) is 23.4 Å². The van der Waals surface area contributed by atoms with E-state index in [2.05, 4.69) is 17.6 Å². The summed E-state index contributed by atoms with van der Waals surface area (Å²) in [5, 5.41) is 5.76. The molecule has 120 valence electrons. The van der Waals surface area contributed by atoms with Crippen LogP contribution in [0.15, 0.2) is 42.5 Å². The van der Waals surface area contributed by atoms with Crippen LogP contribution in [0.4, 0.5) is 10.5 Å². The number of carbonyl (C=O) groups is 1. The monoisotopic (exact) mass is 312 g/mol. The van der Waals surface area contributed by atoms with E-state index in [-0.39, 0.29) is 18.9 Å². The van der Waals surface area contributed by atoms with Crippen LogP contribution >= 0.6 is 0 Å². The highest BCUT2D eigenvalue weighted by Crippen LogP contribution is 2.34. The lowest BCUT2D eigenvalue weighted by molar-refractivity contribution is 0.174. The molecule has 0 aliphatic carbocycles. The number of rotatable bonds is 4. The number of anilines is 1. The number of nitrogens with one attached hydrogen (secondary N) is 2. The number of carbonyl (C=O) groups excluding carboxylic acids is 1. The number of hydrogen-bond acceptors (Lipinski definition) is 3. The number of hydrogen-bond donors (Lipinski definition) is 2. The largest absolute Gasteiger partial charge is 0.454 e. The molecule has 2 N–H and O–H groups in total. The minimum absolute atomic E-state index is 0.139. The zero-order valence-corrected chi connectivity index (χ0v) is 13.3. The molecular formula is C18H20N2O3. The third kappa shape index (κ3) is 3.56. The Bertz CT molecular complexity index is 698. The average molecular weight is 312 g/mol. The molecule has 0 spiro atoms. The van der Waals surface area contributed by atoms with E-state index in [4.69, 9.17) is 9.47 Å². The van der Waals surface area contributed by atoms with Crippen molar-refractivity contribution in [1.29, 1.82) is 0 Å². The summed E-state index contributed by atoms with van der Waals surface area (Å²) in [4.78, 5) is 12.1. The summed E-state index contributed by atoms with van der Waals surface area (Å²) < 4.78 is 10.7. The Kier molecular flexibility index (Phi) is 4.37. The number of amides is 2. The van der Waals surface area contributed by atoms with Crippen molar-refractivity contribution in [3.63, 3.8) is 0 Å². The summed E-state index contributed by atoms with van der Waals surface area (Å²) in [5.74, 6) is 1.45. The first-order valence-electron chi connectivity index (χ1n) is 7.71. The molecule has 2 amide bonds. The Labute approximate surface area is 135 Å². The molecule has 0 aromatic heterocycles. The maximum atomic E-state index is 12.1. The van der Waals surface area contributed by atoms with Gasteiger partial charge in [-0.05, 0) is 48.7 Å². The number of fused-ring (bicyclic) bond motifs is 1. The molecule has 1 aliphatic heterocycles. The molecule has 0 radical (unpaired) electrons. The highest BCUT2D eigenvalue weighted by atomic mass is 16.7. The Morgan fingerprint density at radius 1 is 1.13 bits per heavy atom. The van der Waals surface area contributed by atoms with E-state index in [1.54, 1.807) is 0 Å². The van der Waals surface area contributed by atoms with Gasteiger partial charge in [-0.3, -0.25) is 0 Å². The molecule has 5 heteroatoms. The van der Waals surface area contributed by atoms with Gasteiger partial charge in [0.15, 0.2) is 11.5 Å². The fraction of sp³-hybridized carbons (Fsp3) is 0.278. The van der Waals surface area contributed by atoms with Crippen molar-refractivity contribution in [3.05, 3.63) is 53.6 Å². The minimum Gasteiger partial charge on any atom is -0.454 e. The smallest absolute Gasteiger partial charge is 0.319 e. The van der Waals surface area contributed by atoms with Gasteiger partial charge in [0.05, 0.1) is 6.04 Å². The predicted octanol–water partition coefficient (Wildman–Crippen LogP) is 3.86. The van der Waals surface area contributed by atoms with Crippen LogP contribution in [-0.4, -0.2) is 12.8 Å². The van der Waals surface area contributed by atoms with Crippen molar-refractivity contribution in [2.24, 2.45) is 0 Å². The van der Waals surface area contributed by atoms with E-state index in [1.807, 2.05) is 49.4 Å². The summed E-state index contributed by atoms with van der Waals surface area (Å²) in [5.41, 5.74) is 2.98. The summed E-state index contributed by atoms with van der Waals surface area (Å²) in [6.07, 6.45) is 0.980. The van der Waals surface area contributed by atoms with Crippen LogP contribution in [0, 0.1) is 0 Å². The van der Waals surface area contributed by atoms with Crippen molar-refractivity contribution in [3.8, 4) is 11.5 Å². The molecule has 1 heterocycles. The summed E-state index contributed by atoms with van der Waals surface area (Å²) in [7, 11) is 0. The van der Waals surface area contributed by atoms with Gasteiger partial charge >= 0.3 is 6.03 Å². The fourth-order valence-corrected chi connectivity index (χ4v) is 2.45. The standard InChI is InChI=1S/C18H20N2O3/c1-3-13-4-7-15(8-5-13)20-18(21)19-12(2)14-6-9-16-17(10-14)23-11-22-16/h4-10,12H,3,11H2,1-2H3,(H2,19,20,21)/t12-/m0/s1. The molecule has 0 saturated heterocycles. The lowest BCUT2D eigenvalue weighted by Gasteiger charge is -2.15. The van der Waals surface area contributed by atoms with Gasteiger partial charge < -0.3 is 20.1 Å². The Morgan fingerprint density at radius 3 is 2.61 bits per heavy atom. The summed E-state index contributed by atoms with van der Waals surface area (Å²) in [6.45, 7) is 4.27. The van der Waals surface area contributed by atoms with Crippen molar-refractivity contribution in [2.45, 2.75) is 26.3 Å². The van der Waals surface area contributed by atoms with Crippen LogP contribution < -0.4 is 20.1 Å². The van der Waals surface area contributed by atoms with E-state index < -0.39 is 0 Å². The zero-order valence-electron chi connectivity index (χ0n) is 13.3. The molecular weight excluding hydrogens is 292 g/mol. The van der Waals surface area contributed by atoms with Crippen molar-refractivity contribution >= 4 is 11.7 Å². The molecule has 0 unspecified atom stereocenters. The van der Waals surface area contributed by atoms with E-state index in [9.17, 15) is 4.79 Å². The Hall–Kier alpha value is -2.69. The van der Waals surface area contributed by atoms with E-state index in [1.165, 1.54) is 5.56 Å². The van der Waals surface area contributed by atoms with Gasteiger partial charge in [0.25, 0.3) is 0 Å². The molecule has 23 heavy (non-hydrogen) atoms. The Morgan fingerprint density at radius 2 is 1.87 bits per heavy atom. The van der Waals surface area contributed by atoms with Crippen molar-refractivity contribution < 1.29 is 14.3 Å².